The Kier molecular flexibility index (Phi) is 6.13. The summed E-state index contributed by atoms with van der Waals surface area (Å²) in [5, 5.41) is 2.30. The quantitative estimate of drug-likeness (QED) is 0.878. The van der Waals surface area contributed by atoms with Gasteiger partial charge in [-0.2, -0.15) is 0 Å². The first-order valence-corrected chi connectivity index (χ1v) is 4.84. The van der Waals surface area contributed by atoms with E-state index in [4.69, 9.17) is 5.73 Å². The van der Waals surface area contributed by atoms with E-state index in [1.807, 2.05) is 18.2 Å². The Morgan fingerprint density at radius 2 is 1.93 bits per heavy atom. The highest BCUT2D eigenvalue weighted by atomic mass is 79.9. The van der Waals surface area contributed by atoms with E-state index in [9.17, 15) is 0 Å². The lowest BCUT2D eigenvalue weighted by Gasteiger charge is -2.02. The molecule has 0 aliphatic heterocycles. The van der Waals surface area contributed by atoms with Gasteiger partial charge in [-0.15, -0.1) is 24.8 Å². The Balaban J connectivity index is 0.000000980. The lowest BCUT2D eigenvalue weighted by atomic mass is 10.1. The molecule has 2 rings (SSSR count). The van der Waals surface area contributed by atoms with Crippen LogP contribution < -0.4 is 5.73 Å². The average Bonchev–Trinajstić information content (AvgIpc) is 2.16. The number of aromatic nitrogens is 1. The van der Waals surface area contributed by atoms with E-state index >= 15 is 0 Å². The van der Waals surface area contributed by atoms with Gasteiger partial charge in [0.2, 0.25) is 0 Å². The van der Waals surface area contributed by atoms with Gasteiger partial charge in [-0.05, 0) is 23.6 Å². The molecule has 15 heavy (non-hydrogen) atoms. The molecule has 82 valence electrons. The molecular weight excluding hydrogens is 299 g/mol. The summed E-state index contributed by atoms with van der Waals surface area (Å²) in [6, 6.07) is 8.09. The molecule has 0 saturated heterocycles. The smallest absolute Gasteiger partial charge is 0.0617 e. The summed E-state index contributed by atoms with van der Waals surface area (Å²) in [6.07, 6.45) is 1.79. The summed E-state index contributed by atoms with van der Waals surface area (Å²) in [6.45, 7) is 0.485. The largest absolute Gasteiger partial charge is 0.325 e. The van der Waals surface area contributed by atoms with Crippen LogP contribution in [0.2, 0.25) is 0 Å². The maximum atomic E-state index is 5.58. The van der Waals surface area contributed by atoms with Crippen LogP contribution in [-0.2, 0) is 6.54 Å². The van der Waals surface area contributed by atoms with E-state index in [1.54, 1.807) is 6.20 Å². The monoisotopic (exact) mass is 308 g/mol. The molecule has 1 aromatic heterocycles. The summed E-state index contributed by atoms with van der Waals surface area (Å²) in [5.41, 5.74) is 6.53. The van der Waals surface area contributed by atoms with Gasteiger partial charge in [0.25, 0.3) is 0 Å². The SMILES string of the molecule is Cl.Cl.NCc1nccc2cc(Br)ccc12. The van der Waals surface area contributed by atoms with Crippen molar-refractivity contribution in [2.75, 3.05) is 0 Å². The zero-order valence-corrected chi connectivity index (χ0v) is 11.0. The molecule has 1 aromatic carbocycles. The fraction of sp³-hybridized carbons (Fsp3) is 0.100. The number of hydrogen-bond donors (Lipinski definition) is 1. The molecule has 5 heteroatoms. The van der Waals surface area contributed by atoms with Crippen LogP contribution in [0.4, 0.5) is 0 Å². The number of nitrogens with two attached hydrogens (primary N) is 1. The van der Waals surface area contributed by atoms with E-state index in [2.05, 4.69) is 27.0 Å². The van der Waals surface area contributed by atoms with Gasteiger partial charge >= 0.3 is 0 Å². The maximum absolute atomic E-state index is 5.58. The van der Waals surface area contributed by atoms with Gasteiger partial charge in [0.1, 0.15) is 0 Å². The number of nitrogens with zero attached hydrogens (tertiary/aromatic N) is 1. The molecule has 0 atom stereocenters. The predicted octanol–water partition coefficient (Wildman–Crippen LogP) is 3.30. The summed E-state index contributed by atoms with van der Waals surface area (Å²) in [5.74, 6) is 0. The molecule has 0 unspecified atom stereocenters. The molecule has 1 heterocycles. The fourth-order valence-electron chi connectivity index (χ4n) is 1.37. The molecule has 0 amide bonds. The summed E-state index contributed by atoms with van der Waals surface area (Å²) >= 11 is 3.43. The van der Waals surface area contributed by atoms with Crippen molar-refractivity contribution in [3.05, 3.63) is 40.6 Å². The molecule has 2 nitrogen and oxygen atoms in total. The lowest BCUT2D eigenvalue weighted by Crippen LogP contribution is -1.99. The number of pyridine rings is 1. The number of halogens is 3. The minimum Gasteiger partial charge on any atom is -0.325 e. The zero-order chi connectivity index (χ0) is 9.26. The van der Waals surface area contributed by atoms with Gasteiger partial charge in [0.15, 0.2) is 0 Å². The Labute approximate surface area is 109 Å². The third kappa shape index (κ3) is 3.05. The van der Waals surface area contributed by atoms with E-state index in [-0.39, 0.29) is 24.8 Å². The molecule has 2 aromatic rings. The van der Waals surface area contributed by atoms with Crippen LogP contribution in [0.3, 0.4) is 0 Å². The molecule has 0 fully saturated rings. The second-order valence-electron chi connectivity index (χ2n) is 2.83. The van der Waals surface area contributed by atoms with Crippen molar-refractivity contribution >= 4 is 51.5 Å². The highest BCUT2D eigenvalue weighted by molar-refractivity contribution is 9.10. The number of fused-ring (bicyclic) bond motifs is 1. The predicted molar refractivity (Wildman–Crippen MR) is 71.8 cm³/mol. The molecule has 0 radical (unpaired) electrons. The number of hydrogen-bond acceptors (Lipinski definition) is 2. The fourth-order valence-corrected chi connectivity index (χ4v) is 1.75. The van der Waals surface area contributed by atoms with Gasteiger partial charge in [0.05, 0.1) is 5.69 Å². The summed E-state index contributed by atoms with van der Waals surface area (Å²) in [4.78, 5) is 4.21. The maximum Gasteiger partial charge on any atom is 0.0617 e. The Hall–Kier alpha value is -0.350. The highest BCUT2D eigenvalue weighted by Crippen LogP contribution is 2.20. The van der Waals surface area contributed by atoms with E-state index < -0.39 is 0 Å². The molecule has 0 bridgehead atoms. The van der Waals surface area contributed by atoms with Crippen LogP contribution in [0.5, 0.6) is 0 Å². The van der Waals surface area contributed by atoms with Crippen molar-refractivity contribution < 1.29 is 0 Å². The van der Waals surface area contributed by atoms with Crippen molar-refractivity contribution in [2.24, 2.45) is 5.73 Å². The Morgan fingerprint density at radius 3 is 2.60 bits per heavy atom. The van der Waals surface area contributed by atoms with Gasteiger partial charge in [-0.1, -0.05) is 22.0 Å². The van der Waals surface area contributed by atoms with Gasteiger partial charge < -0.3 is 5.73 Å². The van der Waals surface area contributed by atoms with Crippen LogP contribution >= 0.6 is 40.7 Å². The highest BCUT2D eigenvalue weighted by Gasteiger charge is 1.99. The third-order valence-corrected chi connectivity index (χ3v) is 2.50. The Bertz CT molecular complexity index is 448. The van der Waals surface area contributed by atoms with E-state index in [0.717, 1.165) is 15.6 Å². The van der Waals surface area contributed by atoms with Gasteiger partial charge in [0, 0.05) is 22.6 Å². The van der Waals surface area contributed by atoms with Gasteiger partial charge in [-0.25, -0.2) is 0 Å². The standard InChI is InChI=1S/C10H9BrN2.2ClH/c11-8-1-2-9-7(5-8)3-4-13-10(9)6-12;;/h1-5H,6,12H2;2*1H. The van der Waals surface area contributed by atoms with Crippen LogP contribution in [-0.4, -0.2) is 4.98 Å². The van der Waals surface area contributed by atoms with Crippen molar-refractivity contribution in [2.45, 2.75) is 6.54 Å². The van der Waals surface area contributed by atoms with Crippen molar-refractivity contribution in [1.82, 2.24) is 4.98 Å². The molecule has 0 aliphatic carbocycles. The summed E-state index contributed by atoms with van der Waals surface area (Å²) < 4.78 is 1.08. The van der Waals surface area contributed by atoms with Crippen LogP contribution in [0.15, 0.2) is 34.9 Å². The normalized spacial score (nSPS) is 9.20. The number of rotatable bonds is 1. The average molecular weight is 310 g/mol. The zero-order valence-electron chi connectivity index (χ0n) is 7.81. The van der Waals surface area contributed by atoms with Crippen molar-refractivity contribution in [3.63, 3.8) is 0 Å². The van der Waals surface area contributed by atoms with E-state index in [0.29, 0.717) is 6.54 Å². The second kappa shape index (κ2) is 6.28. The first kappa shape index (κ1) is 14.6. The molecular formula is C10H11BrCl2N2. The third-order valence-electron chi connectivity index (χ3n) is 2.00. The first-order chi connectivity index (χ1) is 6.31. The molecule has 2 N–H and O–H groups in total. The first-order valence-electron chi connectivity index (χ1n) is 4.04. The molecule has 0 aliphatic rings. The van der Waals surface area contributed by atoms with Crippen molar-refractivity contribution in [1.29, 1.82) is 0 Å². The van der Waals surface area contributed by atoms with Crippen LogP contribution in [0, 0.1) is 0 Å². The topological polar surface area (TPSA) is 38.9 Å². The van der Waals surface area contributed by atoms with Crippen molar-refractivity contribution in [3.8, 4) is 0 Å². The molecule has 0 spiro atoms. The van der Waals surface area contributed by atoms with Gasteiger partial charge in [-0.3, -0.25) is 4.98 Å². The number of benzene rings is 1. The summed E-state index contributed by atoms with van der Waals surface area (Å²) in [7, 11) is 0. The Morgan fingerprint density at radius 1 is 1.20 bits per heavy atom. The van der Waals surface area contributed by atoms with E-state index in [1.165, 1.54) is 5.39 Å². The lowest BCUT2D eigenvalue weighted by molar-refractivity contribution is 1.01. The van der Waals surface area contributed by atoms with Crippen LogP contribution in [0.25, 0.3) is 10.8 Å². The van der Waals surface area contributed by atoms with Crippen LogP contribution in [0.1, 0.15) is 5.69 Å². The second-order valence-corrected chi connectivity index (χ2v) is 3.74. The minimum absolute atomic E-state index is 0. The molecule has 0 saturated carbocycles. The minimum atomic E-state index is 0.